The third kappa shape index (κ3) is 7.69. The molecule has 5 nitrogen and oxygen atoms in total. The van der Waals surface area contributed by atoms with Crippen LogP contribution >= 0.6 is 15.9 Å². The minimum absolute atomic E-state index is 0.728. The van der Waals surface area contributed by atoms with E-state index in [2.05, 4.69) is 15.9 Å². The Kier molecular flexibility index (Phi) is 12.6. The maximum atomic E-state index is 5.79. The Bertz CT molecular complexity index is 242. The van der Waals surface area contributed by atoms with Crippen molar-refractivity contribution >= 4 is 33.3 Å². The molecule has 21 heavy (non-hydrogen) atoms. The molecule has 0 heterocycles. The van der Waals surface area contributed by atoms with Gasteiger partial charge in [0, 0.05) is 46.9 Å². The van der Waals surface area contributed by atoms with E-state index in [9.17, 15) is 0 Å². The zero-order valence-electron chi connectivity index (χ0n) is 14.1. The molecule has 0 bridgehead atoms. The van der Waals surface area contributed by atoms with Crippen LogP contribution < -0.4 is 0 Å². The van der Waals surface area contributed by atoms with Crippen molar-refractivity contribution in [2.75, 3.05) is 40.9 Å². The first-order chi connectivity index (χ1) is 10.1. The summed E-state index contributed by atoms with van der Waals surface area (Å²) in [6.07, 6.45) is 4.83. The Morgan fingerprint density at radius 2 is 1.14 bits per heavy atom. The van der Waals surface area contributed by atoms with Gasteiger partial charge in [-0.3, -0.25) is 0 Å². The fraction of sp³-hybridized carbons (Fsp3) is 1.00. The summed E-state index contributed by atoms with van der Waals surface area (Å²) in [5.41, 5.74) is 0. The highest BCUT2D eigenvalue weighted by atomic mass is 79.9. The number of halogens is 1. The van der Waals surface area contributed by atoms with Crippen LogP contribution in [0.1, 0.15) is 25.7 Å². The maximum Gasteiger partial charge on any atom is 0.500 e. The number of alkyl halides is 1. The van der Waals surface area contributed by atoms with Crippen LogP contribution in [-0.2, 0) is 22.1 Å². The van der Waals surface area contributed by atoms with Crippen molar-refractivity contribution in [3.63, 3.8) is 0 Å². The zero-order chi connectivity index (χ0) is 16.2. The monoisotopic (exact) mass is 402 g/mol. The minimum atomic E-state index is -2.55. The summed E-state index contributed by atoms with van der Waals surface area (Å²) in [5, 5.41) is 1.08. The van der Waals surface area contributed by atoms with Gasteiger partial charge in [-0.15, -0.1) is 0 Å². The van der Waals surface area contributed by atoms with Crippen LogP contribution in [0.5, 0.6) is 0 Å². The molecular formula is C13H31BrO5Si2. The highest BCUT2D eigenvalue weighted by molar-refractivity contribution is 9.09. The van der Waals surface area contributed by atoms with Crippen LogP contribution in [0.2, 0.25) is 18.1 Å². The molecule has 0 radical (unpaired) electrons. The number of unbranched alkanes of at least 4 members (excludes halogenated alkanes) is 3. The first-order valence-corrected chi connectivity index (χ1v) is 12.7. The molecule has 0 saturated carbocycles. The van der Waals surface area contributed by atoms with Gasteiger partial charge in [0.05, 0.1) is 0 Å². The van der Waals surface area contributed by atoms with Crippen LogP contribution in [0.25, 0.3) is 0 Å². The highest BCUT2D eigenvalue weighted by Gasteiger charge is 2.44. The largest absolute Gasteiger partial charge is 0.500 e. The van der Waals surface area contributed by atoms with Gasteiger partial charge in [0.15, 0.2) is 0 Å². The Morgan fingerprint density at radius 3 is 1.57 bits per heavy atom. The molecule has 8 heteroatoms. The van der Waals surface area contributed by atoms with E-state index >= 15 is 0 Å². The fourth-order valence-electron chi connectivity index (χ4n) is 2.36. The van der Waals surface area contributed by atoms with Crippen LogP contribution in [0.4, 0.5) is 0 Å². The summed E-state index contributed by atoms with van der Waals surface area (Å²) in [6, 6.07) is 2.57. The van der Waals surface area contributed by atoms with Gasteiger partial charge in [-0.25, -0.2) is 0 Å². The maximum absolute atomic E-state index is 5.79. The molecule has 0 saturated heterocycles. The van der Waals surface area contributed by atoms with Crippen LogP contribution in [0.3, 0.4) is 0 Å². The van der Waals surface area contributed by atoms with Crippen LogP contribution in [0, 0.1) is 0 Å². The molecule has 0 N–H and O–H groups in total. The molecule has 0 rings (SSSR count). The van der Waals surface area contributed by atoms with Crippen molar-refractivity contribution in [3.8, 4) is 0 Å². The van der Waals surface area contributed by atoms with Crippen molar-refractivity contribution in [1.82, 2.24) is 0 Å². The normalized spacial score (nSPS) is 12.9. The van der Waals surface area contributed by atoms with Gasteiger partial charge in [-0.2, -0.15) is 0 Å². The van der Waals surface area contributed by atoms with E-state index in [1.165, 1.54) is 19.3 Å². The molecule has 0 unspecified atom stereocenters. The molecule has 0 atom stereocenters. The van der Waals surface area contributed by atoms with Crippen molar-refractivity contribution in [3.05, 3.63) is 0 Å². The van der Waals surface area contributed by atoms with Crippen LogP contribution in [-0.4, -0.2) is 58.2 Å². The molecule has 0 aromatic rings. The summed E-state index contributed by atoms with van der Waals surface area (Å²) in [5.74, 6) is 0. The predicted octanol–water partition coefficient (Wildman–Crippen LogP) is 3.55. The first-order valence-electron chi connectivity index (χ1n) is 7.39. The van der Waals surface area contributed by atoms with Gasteiger partial charge < -0.3 is 22.1 Å². The smallest absolute Gasteiger partial charge is 0.398 e. The van der Waals surface area contributed by atoms with Gasteiger partial charge >= 0.3 is 17.4 Å². The van der Waals surface area contributed by atoms with E-state index in [-0.39, 0.29) is 0 Å². The number of hydrogen-bond donors (Lipinski definition) is 0. The second kappa shape index (κ2) is 12.2. The predicted molar refractivity (Wildman–Crippen MR) is 93.2 cm³/mol. The molecule has 0 aliphatic heterocycles. The van der Waals surface area contributed by atoms with Gasteiger partial charge in [0.2, 0.25) is 0 Å². The van der Waals surface area contributed by atoms with E-state index in [1.807, 2.05) is 0 Å². The molecular weight excluding hydrogens is 372 g/mol. The quantitative estimate of drug-likeness (QED) is 0.252. The van der Waals surface area contributed by atoms with Gasteiger partial charge in [-0.05, 0) is 18.5 Å². The summed E-state index contributed by atoms with van der Waals surface area (Å²) in [4.78, 5) is 0. The molecule has 0 spiro atoms. The Morgan fingerprint density at radius 1 is 0.619 bits per heavy atom. The number of hydrogen-bond acceptors (Lipinski definition) is 5. The van der Waals surface area contributed by atoms with E-state index < -0.39 is 17.4 Å². The molecule has 0 fully saturated rings. The second-order valence-electron chi connectivity index (χ2n) is 4.97. The molecule has 128 valence electrons. The zero-order valence-corrected chi connectivity index (χ0v) is 17.7. The summed E-state index contributed by atoms with van der Waals surface area (Å²) < 4.78 is 28.0. The standard InChI is InChI=1S/C13H31BrO5Si2/c1-15-20(16-2,11-9-7-6-8-10-14)12-13-21(17-3,18-4)19-5/h6-13H2,1-5H3. The lowest BCUT2D eigenvalue weighted by molar-refractivity contribution is 0.123. The Balaban J connectivity index is 4.44. The molecule has 0 aliphatic rings. The lowest BCUT2D eigenvalue weighted by Crippen LogP contribution is -2.47. The van der Waals surface area contributed by atoms with Gasteiger partial charge in [0.1, 0.15) is 0 Å². The third-order valence-corrected chi connectivity index (χ3v) is 11.3. The minimum Gasteiger partial charge on any atom is -0.398 e. The van der Waals surface area contributed by atoms with Gasteiger partial charge in [0.25, 0.3) is 0 Å². The van der Waals surface area contributed by atoms with Crippen molar-refractivity contribution in [1.29, 1.82) is 0 Å². The summed E-state index contributed by atoms with van der Waals surface area (Å²) in [7, 11) is 3.70. The summed E-state index contributed by atoms with van der Waals surface area (Å²) in [6.45, 7) is 0. The Labute approximate surface area is 140 Å². The summed E-state index contributed by atoms with van der Waals surface area (Å²) >= 11 is 3.46. The SMILES string of the molecule is CO[Si](CCCCCCBr)(CC[Si](OC)(OC)OC)OC. The van der Waals surface area contributed by atoms with Crippen molar-refractivity contribution in [2.45, 2.75) is 43.8 Å². The third-order valence-electron chi connectivity index (χ3n) is 3.93. The fourth-order valence-corrected chi connectivity index (χ4v) is 8.64. The molecule has 0 amide bonds. The van der Waals surface area contributed by atoms with E-state index in [0.29, 0.717) is 0 Å². The van der Waals surface area contributed by atoms with E-state index in [4.69, 9.17) is 22.1 Å². The van der Waals surface area contributed by atoms with Crippen molar-refractivity contribution in [2.24, 2.45) is 0 Å². The topological polar surface area (TPSA) is 46.2 Å². The molecule has 0 aromatic carbocycles. The van der Waals surface area contributed by atoms with Gasteiger partial charge in [-0.1, -0.05) is 35.2 Å². The molecule has 0 aliphatic carbocycles. The molecule has 0 aromatic heterocycles. The lowest BCUT2D eigenvalue weighted by atomic mass is 10.2. The van der Waals surface area contributed by atoms with Crippen LogP contribution in [0.15, 0.2) is 0 Å². The number of rotatable bonds is 14. The first kappa shape index (κ1) is 21.7. The average molecular weight is 403 g/mol. The lowest BCUT2D eigenvalue weighted by Gasteiger charge is -2.31. The van der Waals surface area contributed by atoms with E-state index in [0.717, 1.165) is 29.9 Å². The second-order valence-corrected chi connectivity index (χ2v) is 12.5. The van der Waals surface area contributed by atoms with Crippen molar-refractivity contribution < 1.29 is 22.1 Å². The Hall–Kier alpha value is 0.714. The van der Waals surface area contributed by atoms with E-state index in [1.54, 1.807) is 35.5 Å². The highest BCUT2D eigenvalue weighted by Crippen LogP contribution is 2.27. The average Bonchev–Trinajstić information content (AvgIpc) is 2.54.